The highest BCUT2D eigenvalue weighted by Gasteiger charge is 2.20. The van der Waals surface area contributed by atoms with Crippen LogP contribution < -0.4 is 5.32 Å². The minimum atomic E-state index is -0.562. The van der Waals surface area contributed by atoms with Crippen LogP contribution in [0.5, 0.6) is 0 Å². The number of thioether (sulfide) groups is 1. The molecule has 0 aliphatic carbocycles. The molecule has 0 aliphatic heterocycles. The average molecular weight is 367 g/mol. The van der Waals surface area contributed by atoms with E-state index in [1.165, 1.54) is 29.5 Å². The number of rotatable bonds is 8. The molecule has 1 amide bonds. The quantitative estimate of drug-likeness (QED) is 0.602. The van der Waals surface area contributed by atoms with Crippen LogP contribution in [0.15, 0.2) is 65.3 Å². The van der Waals surface area contributed by atoms with Gasteiger partial charge in [0.2, 0.25) is 5.91 Å². The summed E-state index contributed by atoms with van der Waals surface area (Å²) < 4.78 is 5.30. The van der Waals surface area contributed by atoms with E-state index >= 15 is 0 Å². The van der Waals surface area contributed by atoms with Crippen LogP contribution in [-0.4, -0.2) is 17.1 Å². The van der Waals surface area contributed by atoms with E-state index in [1.54, 1.807) is 6.26 Å². The number of fused-ring (bicyclic) bond motifs is 1. The molecule has 2 aromatic carbocycles. The number of aryl methyl sites for hydroxylation is 1. The summed E-state index contributed by atoms with van der Waals surface area (Å²) in [7, 11) is 0. The fourth-order valence-electron chi connectivity index (χ4n) is 2.86. The zero-order valence-electron chi connectivity index (χ0n) is 14.6. The predicted octanol–water partition coefficient (Wildman–Crippen LogP) is 4.33. The molecule has 26 heavy (non-hydrogen) atoms. The van der Waals surface area contributed by atoms with Gasteiger partial charge < -0.3 is 9.73 Å². The van der Waals surface area contributed by atoms with Crippen molar-refractivity contribution < 1.29 is 14.0 Å². The maximum atomic E-state index is 12.7. The maximum absolute atomic E-state index is 12.7. The number of carbonyl (C=O) groups excluding carboxylic acids is 2. The highest BCUT2D eigenvalue weighted by atomic mass is 32.2. The van der Waals surface area contributed by atoms with Crippen molar-refractivity contribution in [3.05, 3.63) is 72.2 Å². The summed E-state index contributed by atoms with van der Waals surface area (Å²) in [6.07, 6.45) is 2.63. The van der Waals surface area contributed by atoms with E-state index in [0.717, 1.165) is 11.3 Å². The van der Waals surface area contributed by atoms with Crippen LogP contribution in [0.25, 0.3) is 10.8 Å². The Balaban J connectivity index is 1.65. The Morgan fingerprint density at radius 1 is 1.08 bits per heavy atom. The summed E-state index contributed by atoms with van der Waals surface area (Å²) in [5.41, 5.74) is 1.15. The van der Waals surface area contributed by atoms with E-state index in [2.05, 4.69) is 29.6 Å². The SMILES string of the molecule is CC(=O)N[C@@H](SCc1ccco1)C(=O)CCc1cccc2ccccc12. The lowest BCUT2D eigenvalue weighted by Crippen LogP contribution is -2.37. The summed E-state index contributed by atoms with van der Waals surface area (Å²) in [4.78, 5) is 24.2. The molecular weight excluding hydrogens is 346 g/mol. The Morgan fingerprint density at radius 2 is 1.88 bits per heavy atom. The largest absolute Gasteiger partial charge is 0.468 e. The molecule has 3 aromatic rings. The van der Waals surface area contributed by atoms with Crippen molar-refractivity contribution in [1.29, 1.82) is 0 Å². The third-order valence-corrected chi connectivity index (χ3v) is 5.29. The highest BCUT2D eigenvalue weighted by molar-refractivity contribution is 7.99. The first-order valence-electron chi connectivity index (χ1n) is 8.54. The molecule has 1 atom stereocenters. The van der Waals surface area contributed by atoms with E-state index in [0.29, 0.717) is 18.6 Å². The van der Waals surface area contributed by atoms with Gasteiger partial charge in [-0.15, -0.1) is 11.8 Å². The normalized spacial score (nSPS) is 12.0. The summed E-state index contributed by atoms with van der Waals surface area (Å²) in [5.74, 6) is 1.13. The van der Waals surface area contributed by atoms with Gasteiger partial charge in [-0.25, -0.2) is 0 Å². The summed E-state index contributed by atoms with van der Waals surface area (Å²) in [6.45, 7) is 1.43. The second kappa shape index (κ2) is 8.72. The van der Waals surface area contributed by atoms with Gasteiger partial charge in [0.25, 0.3) is 0 Å². The van der Waals surface area contributed by atoms with Crippen LogP contribution in [0, 0.1) is 0 Å². The van der Waals surface area contributed by atoms with Gasteiger partial charge >= 0.3 is 0 Å². The van der Waals surface area contributed by atoms with E-state index in [4.69, 9.17) is 4.42 Å². The number of hydrogen-bond donors (Lipinski definition) is 1. The maximum Gasteiger partial charge on any atom is 0.218 e. The van der Waals surface area contributed by atoms with E-state index in [-0.39, 0.29) is 11.7 Å². The Labute approximate surface area is 157 Å². The molecule has 0 unspecified atom stereocenters. The van der Waals surface area contributed by atoms with Crippen LogP contribution in [0.4, 0.5) is 0 Å². The number of furan rings is 1. The van der Waals surface area contributed by atoms with Gasteiger partial charge in [-0.2, -0.15) is 0 Å². The molecule has 3 rings (SSSR count). The van der Waals surface area contributed by atoms with E-state index < -0.39 is 5.37 Å². The van der Waals surface area contributed by atoms with Gasteiger partial charge in [0, 0.05) is 13.3 Å². The number of nitrogens with one attached hydrogen (secondary N) is 1. The Bertz CT molecular complexity index is 884. The lowest BCUT2D eigenvalue weighted by molar-refractivity contribution is -0.124. The van der Waals surface area contributed by atoms with Crippen LogP contribution in [0.2, 0.25) is 0 Å². The van der Waals surface area contributed by atoms with Crippen molar-refractivity contribution in [2.24, 2.45) is 0 Å². The monoisotopic (exact) mass is 367 g/mol. The minimum Gasteiger partial charge on any atom is -0.468 e. The first-order chi connectivity index (χ1) is 12.6. The van der Waals surface area contributed by atoms with Gasteiger partial charge in [-0.3, -0.25) is 9.59 Å². The Kier molecular flexibility index (Phi) is 6.12. The predicted molar refractivity (Wildman–Crippen MR) is 105 cm³/mol. The number of ketones is 1. The molecule has 0 aliphatic rings. The number of Topliss-reactive ketones (excluding diaryl/α,β-unsaturated/α-hetero) is 1. The summed E-state index contributed by atoms with van der Waals surface area (Å²) in [5, 5.41) is 4.52. The molecular formula is C21H21NO3S. The molecule has 0 saturated heterocycles. The molecule has 1 N–H and O–H groups in total. The number of benzene rings is 2. The molecule has 134 valence electrons. The molecule has 0 bridgehead atoms. The standard InChI is InChI=1S/C21H21NO3S/c1-15(23)22-21(26-14-18-9-5-13-25-18)20(24)12-11-17-8-4-7-16-6-2-3-10-19(16)17/h2-10,13,21H,11-12,14H2,1H3,(H,22,23)/t21-/m0/s1. The minimum absolute atomic E-state index is 0.0182. The van der Waals surface area contributed by atoms with Crippen molar-refractivity contribution in [3.8, 4) is 0 Å². The molecule has 0 radical (unpaired) electrons. The molecule has 0 spiro atoms. The number of amides is 1. The lowest BCUT2D eigenvalue weighted by atomic mass is 10.00. The van der Waals surface area contributed by atoms with Crippen molar-refractivity contribution in [2.75, 3.05) is 0 Å². The number of hydrogen-bond acceptors (Lipinski definition) is 4. The fraction of sp³-hybridized carbons (Fsp3) is 0.238. The third-order valence-electron chi connectivity index (χ3n) is 4.12. The van der Waals surface area contributed by atoms with Crippen LogP contribution in [0.1, 0.15) is 24.7 Å². The van der Waals surface area contributed by atoms with Crippen molar-refractivity contribution in [2.45, 2.75) is 30.9 Å². The van der Waals surface area contributed by atoms with Crippen molar-refractivity contribution in [3.63, 3.8) is 0 Å². The molecule has 0 fully saturated rings. The van der Waals surface area contributed by atoms with Gasteiger partial charge in [-0.05, 0) is 34.9 Å². The van der Waals surface area contributed by atoms with Crippen molar-refractivity contribution >= 4 is 34.2 Å². The summed E-state index contributed by atoms with van der Waals surface area (Å²) in [6, 6.07) is 18.0. The average Bonchev–Trinajstić information content (AvgIpc) is 3.16. The van der Waals surface area contributed by atoms with E-state index in [1.807, 2.05) is 30.3 Å². The Hall–Kier alpha value is -2.53. The first kappa shape index (κ1) is 18.3. The smallest absolute Gasteiger partial charge is 0.218 e. The van der Waals surface area contributed by atoms with Crippen LogP contribution >= 0.6 is 11.8 Å². The number of carbonyl (C=O) groups is 2. The zero-order chi connectivity index (χ0) is 18.4. The lowest BCUT2D eigenvalue weighted by Gasteiger charge is -2.16. The topological polar surface area (TPSA) is 59.3 Å². The van der Waals surface area contributed by atoms with Crippen molar-refractivity contribution in [1.82, 2.24) is 5.32 Å². The third kappa shape index (κ3) is 4.76. The van der Waals surface area contributed by atoms with Gasteiger partial charge in [0.05, 0.1) is 12.0 Å². The molecule has 5 heteroatoms. The van der Waals surface area contributed by atoms with Gasteiger partial charge in [-0.1, -0.05) is 42.5 Å². The molecule has 4 nitrogen and oxygen atoms in total. The second-order valence-electron chi connectivity index (χ2n) is 6.08. The van der Waals surface area contributed by atoms with E-state index in [9.17, 15) is 9.59 Å². The molecule has 1 heterocycles. The van der Waals surface area contributed by atoms with Gasteiger partial charge in [0.1, 0.15) is 11.1 Å². The molecule has 0 saturated carbocycles. The molecule has 1 aromatic heterocycles. The highest BCUT2D eigenvalue weighted by Crippen LogP contribution is 2.22. The first-order valence-corrected chi connectivity index (χ1v) is 9.59. The van der Waals surface area contributed by atoms with Crippen LogP contribution in [0.3, 0.4) is 0 Å². The summed E-state index contributed by atoms with van der Waals surface area (Å²) >= 11 is 1.38. The second-order valence-corrected chi connectivity index (χ2v) is 7.17. The Morgan fingerprint density at radius 3 is 2.65 bits per heavy atom. The fourth-order valence-corrected chi connectivity index (χ4v) is 3.91. The van der Waals surface area contributed by atoms with Gasteiger partial charge in [0.15, 0.2) is 5.78 Å². The zero-order valence-corrected chi connectivity index (χ0v) is 15.4. The van der Waals surface area contributed by atoms with Crippen LogP contribution in [-0.2, 0) is 21.8 Å².